The molecule has 3 rings (SSSR count). The molecule has 0 aromatic heterocycles. The van der Waals surface area contributed by atoms with Crippen molar-refractivity contribution in [2.24, 2.45) is 0 Å². The Hall–Kier alpha value is -2.96. The predicted molar refractivity (Wildman–Crippen MR) is 85.8 cm³/mol. The van der Waals surface area contributed by atoms with Gasteiger partial charge in [0.1, 0.15) is 11.3 Å². The molecule has 0 bridgehead atoms. The van der Waals surface area contributed by atoms with E-state index >= 15 is 0 Å². The highest BCUT2D eigenvalue weighted by Crippen LogP contribution is 2.31. The van der Waals surface area contributed by atoms with Gasteiger partial charge in [0.25, 0.3) is 5.91 Å². The third-order valence-corrected chi connectivity index (χ3v) is 4.29. The quantitative estimate of drug-likeness (QED) is 0.866. The Kier molecular flexibility index (Phi) is 4.16. The number of halogens is 2. The number of imide groups is 1. The zero-order chi connectivity index (χ0) is 18.2. The minimum absolute atomic E-state index is 0.00788. The summed E-state index contributed by atoms with van der Waals surface area (Å²) < 4.78 is 31.9. The lowest BCUT2D eigenvalue weighted by molar-refractivity contribution is -0.131. The normalized spacial score (nSPS) is 19.9. The smallest absolute Gasteiger partial charge is 0.325 e. The molecule has 0 unspecified atom stereocenters. The topological polar surface area (TPSA) is 58.6 Å². The number of amides is 3. The molecule has 1 aliphatic heterocycles. The molecule has 1 heterocycles. The van der Waals surface area contributed by atoms with Gasteiger partial charge < -0.3 is 10.1 Å². The first-order chi connectivity index (χ1) is 11.9. The Balaban J connectivity index is 1.93. The second-order valence-corrected chi connectivity index (χ2v) is 5.89. The van der Waals surface area contributed by atoms with E-state index in [4.69, 9.17) is 4.74 Å². The van der Waals surface area contributed by atoms with E-state index in [0.29, 0.717) is 11.3 Å². The number of benzene rings is 2. The van der Waals surface area contributed by atoms with Gasteiger partial charge in [-0.15, -0.1) is 0 Å². The molecule has 130 valence electrons. The zero-order valence-electron chi connectivity index (χ0n) is 13.7. The van der Waals surface area contributed by atoms with E-state index in [1.807, 2.05) is 0 Å². The van der Waals surface area contributed by atoms with Crippen molar-refractivity contribution in [3.63, 3.8) is 0 Å². The van der Waals surface area contributed by atoms with Crippen molar-refractivity contribution in [2.45, 2.75) is 19.0 Å². The lowest BCUT2D eigenvalue weighted by Gasteiger charge is -2.22. The number of carbonyl (C=O) groups is 2. The maximum atomic E-state index is 13.5. The largest absolute Gasteiger partial charge is 0.496 e. The molecule has 0 saturated carbocycles. The van der Waals surface area contributed by atoms with Crippen LogP contribution in [0.25, 0.3) is 0 Å². The van der Waals surface area contributed by atoms with Crippen molar-refractivity contribution in [1.82, 2.24) is 10.2 Å². The molecule has 5 nitrogen and oxygen atoms in total. The number of urea groups is 1. The van der Waals surface area contributed by atoms with Crippen molar-refractivity contribution in [3.05, 3.63) is 65.2 Å². The van der Waals surface area contributed by atoms with Crippen LogP contribution in [-0.2, 0) is 16.9 Å². The van der Waals surface area contributed by atoms with E-state index in [1.165, 1.54) is 20.1 Å². The van der Waals surface area contributed by atoms with Crippen LogP contribution in [0.3, 0.4) is 0 Å². The van der Waals surface area contributed by atoms with Gasteiger partial charge in [-0.25, -0.2) is 13.6 Å². The number of hydrogen-bond acceptors (Lipinski definition) is 3. The Morgan fingerprint density at radius 2 is 1.84 bits per heavy atom. The Bertz CT molecular complexity index is 856. The van der Waals surface area contributed by atoms with Gasteiger partial charge in [-0.3, -0.25) is 9.69 Å². The average Bonchev–Trinajstić information content (AvgIpc) is 2.82. The number of nitrogens with zero attached hydrogens (tertiary/aromatic N) is 1. The number of nitrogens with one attached hydrogen (secondary N) is 1. The van der Waals surface area contributed by atoms with Gasteiger partial charge in [-0.1, -0.05) is 24.3 Å². The fourth-order valence-electron chi connectivity index (χ4n) is 2.85. The third-order valence-electron chi connectivity index (χ3n) is 4.29. The maximum absolute atomic E-state index is 13.5. The minimum atomic E-state index is -1.46. The highest BCUT2D eigenvalue weighted by atomic mass is 19.2. The van der Waals surface area contributed by atoms with Crippen molar-refractivity contribution >= 4 is 11.9 Å². The van der Waals surface area contributed by atoms with Crippen LogP contribution in [0, 0.1) is 11.6 Å². The summed E-state index contributed by atoms with van der Waals surface area (Å²) in [5, 5.41) is 2.56. The summed E-state index contributed by atoms with van der Waals surface area (Å²) in [6, 6.07) is 9.53. The average molecular weight is 346 g/mol. The van der Waals surface area contributed by atoms with Crippen molar-refractivity contribution in [2.75, 3.05) is 7.11 Å². The van der Waals surface area contributed by atoms with Crippen LogP contribution >= 0.6 is 0 Å². The minimum Gasteiger partial charge on any atom is -0.496 e. The van der Waals surface area contributed by atoms with Crippen LogP contribution in [0.4, 0.5) is 13.6 Å². The van der Waals surface area contributed by atoms with Crippen molar-refractivity contribution < 1.29 is 23.1 Å². The molecule has 3 amide bonds. The monoisotopic (exact) mass is 346 g/mol. The summed E-state index contributed by atoms with van der Waals surface area (Å²) in [5.74, 6) is -2.10. The molecule has 0 radical (unpaired) electrons. The highest BCUT2D eigenvalue weighted by molar-refractivity contribution is 6.07. The van der Waals surface area contributed by atoms with Gasteiger partial charge in [0, 0.05) is 5.56 Å². The molecular weight excluding hydrogens is 330 g/mol. The van der Waals surface area contributed by atoms with Crippen LogP contribution in [0.5, 0.6) is 5.75 Å². The van der Waals surface area contributed by atoms with Gasteiger partial charge in [-0.05, 0) is 30.7 Å². The summed E-state index contributed by atoms with van der Waals surface area (Å²) in [5.41, 5.74) is -0.636. The molecule has 2 aromatic rings. The van der Waals surface area contributed by atoms with Crippen LogP contribution in [0.15, 0.2) is 42.5 Å². The number of rotatable bonds is 4. The van der Waals surface area contributed by atoms with Crippen molar-refractivity contribution in [3.8, 4) is 5.75 Å². The number of carbonyl (C=O) groups excluding carboxylic acids is 2. The van der Waals surface area contributed by atoms with Gasteiger partial charge in [0.15, 0.2) is 11.6 Å². The van der Waals surface area contributed by atoms with E-state index in [2.05, 4.69) is 5.32 Å². The molecule has 1 aliphatic rings. The number of ether oxygens (including phenoxy) is 1. The Morgan fingerprint density at radius 1 is 1.12 bits per heavy atom. The van der Waals surface area contributed by atoms with Gasteiger partial charge in [-0.2, -0.15) is 0 Å². The van der Waals surface area contributed by atoms with E-state index in [9.17, 15) is 18.4 Å². The lowest BCUT2D eigenvalue weighted by Crippen LogP contribution is -2.41. The van der Waals surface area contributed by atoms with Gasteiger partial charge >= 0.3 is 6.03 Å². The summed E-state index contributed by atoms with van der Waals surface area (Å²) in [6.45, 7) is 1.47. The van der Waals surface area contributed by atoms with E-state index in [0.717, 1.165) is 17.0 Å². The first kappa shape index (κ1) is 16.9. The predicted octanol–water partition coefficient (Wildman–Crippen LogP) is 2.94. The zero-order valence-corrected chi connectivity index (χ0v) is 13.7. The standard InChI is InChI=1S/C18H16F2N2O3/c1-18(12-7-8-13(19)14(20)9-12)16(23)22(17(24)21-18)10-11-5-3-4-6-15(11)25-2/h3-9H,10H2,1-2H3,(H,21,24)/t18-/m0/s1. The molecular formula is C18H16F2N2O3. The molecule has 25 heavy (non-hydrogen) atoms. The van der Waals surface area contributed by atoms with Crippen LogP contribution in [0.1, 0.15) is 18.1 Å². The maximum Gasteiger partial charge on any atom is 0.325 e. The molecule has 1 N–H and O–H groups in total. The second kappa shape index (κ2) is 6.16. The first-order valence-electron chi connectivity index (χ1n) is 7.58. The molecule has 1 fully saturated rings. The lowest BCUT2D eigenvalue weighted by atomic mass is 9.92. The number of methoxy groups -OCH3 is 1. The second-order valence-electron chi connectivity index (χ2n) is 5.89. The van der Waals surface area contributed by atoms with Crippen LogP contribution in [-0.4, -0.2) is 23.9 Å². The summed E-state index contributed by atoms with van der Waals surface area (Å²) in [4.78, 5) is 26.2. The summed E-state index contributed by atoms with van der Waals surface area (Å²) in [7, 11) is 1.50. The molecule has 0 aliphatic carbocycles. The Labute approximate surface area is 143 Å². The fourth-order valence-corrected chi connectivity index (χ4v) is 2.85. The summed E-state index contributed by atoms with van der Waals surface area (Å²) >= 11 is 0. The number of para-hydroxylation sites is 1. The van der Waals surface area contributed by atoms with Gasteiger partial charge in [0.2, 0.25) is 0 Å². The first-order valence-corrected chi connectivity index (χ1v) is 7.58. The van der Waals surface area contributed by atoms with Crippen molar-refractivity contribution in [1.29, 1.82) is 0 Å². The van der Waals surface area contributed by atoms with Gasteiger partial charge in [0.05, 0.1) is 13.7 Å². The third kappa shape index (κ3) is 2.82. The van der Waals surface area contributed by atoms with E-state index < -0.39 is 29.1 Å². The SMILES string of the molecule is COc1ccccc1CN1C(=O)N[C@@](C)(c2ccc(F)c(F)c2)C1=O. The number of hydrogen-bond donors (Lipinski definition) is 1. The highest BCUT2D eigenvalue weighted by Gasteiger charge is 2.49. The van der Waals surface area contributed by atoms with E-state index in [-0.39, 0.29) is 12.1 Å². The molecule has 1 saturated heterocycles. The molecule has 0 spiro atoms. The van der Waals surface area contributed by atoms with E-state index in [1.54, 1.807) is 24.3 Å². The summed E-state index contributed by atoms with van der Waals surface area (Å²) in [6.07, 6.45) is 0. The fraction of sp³-hybridized carbons (Fsp3) is 0.222. The molecule has 2 aromatic carbocycles. The Morgan fingerprint density at radius 3 is 2.52 bits per heavy atom. The van der Waals surface area contributed by atoms with Crippen LogP contribution < -0.4 is 10.1 Å². The molecule has 1 atom stereocenters. The van der Waals surface area contributed by atoms with Crippen LogP contribution in [0.2, 0.25) is 0 Å². The molecule has 7 heteroatoms.